The molecule has 0 aliphatic carbocycles. The minimum atomic E-state index is 0.140. The fraction of sp³-hybridized carbons (Fsp3) is 0.571. The Morgan fingerprint density at radius 2 is 2.05 bits per heavy atom. The molecule has 3 N–H and O–H groups in total. The summed E-state index contributed by atoms with van der Waals surface area (Å²) < 4.78 is 0. The summed E-state index contributed by atoms with van der Waals surface area (Å²) in [4.78, 5) is 5.06. The van der Waals surface area contributed by atoms with Crippen LogP contribution in [0, 0.1) is 6.92 Å². The highest BCUT2D eigenvalue weighted by molar-refractivity contribution is 6.31. The van der Waals surface area contributed by atoms with Crippen molar-refractivity contribution in [1.29, 1.82) is 0 Å². The van der Waals surface area contributed by atoms with Crippen LogP contribution >= 0.6 is 11.6 Å². The number of rotatable bonds is 3. The first-order valence-electron chi connectivity index (χ1n) is 6.87. The van der Waals surface area contributed by atoms with E-state index < -0.39 is 0 Å². The number of fused-ring (bicyclic) bond motifs is 3. The van der Waals surface area contributed by atoms with Gasteiger partial charge in [-0.15, -0.1) is 0 Å². The molecule has 0 amide bonds. The van der Waals surface area contributed by atoms with Crippen molar-refractivity contribution in [2.45, 2.75) is 19.0 Å². The molecule has 5 heteroatoms. The molecular weight excluding hydrogens is 260 g/mol. The molecule has 0 radical (unpaired) electrons. The molecule has 4 rings (SSSR count). The number of nitrogens with zero attached hydrogens (tertiary/aromatic N) is 2. The van der Waals surface area contributed by atoms with Gasteiger partial charge >= 0.3 is 0 Å². The lowest BCUT2D eigenvalue weighted by molar-refractivity contribution is -0.00369. The van der Waals surface area contributed by atoms with Crippen LogP contribution < -0.4 is 11.3 Å². The molecule has 2 unspecified atom stereocenters. The van der Waals surface area contributed by atoms with E-state index >= 15 is 0 Å². The molecule has 19 heavy (non-hydrogen) atoms. The van der Waals surface area contributed by atoms with Crippen LogP contribution in [-0.2, 0) is 0 Å². The fourth-order valence-electron chi connectivity index (χ4n) is 3.21. The summed E-state index contributed by atoms with van der Waals surface area (Å²) in [7, 11) is 0. The van der Waals surface area contributed by atoms with Gasteiger partial charge in [0.15, 0.2) is 0 Å². The van der Waals surface area contributed by atoms with Crippen molar-refractivity contribution in [2.75, 3.05) is 32.7 Å². The van der Waals surface area contributed by atoms with Crippen LogP contribution in [0.2, 0.25) is 5.02 Å². The van der Waals surface area contributed by atoms with Gasteiger partial charge in [0.1, 0.15) is 0 Å². The first kappa shape index (κ1) is 13.3. The second kappa shape index (κ2) is 5.38. The van der Waals surface area contributed by atoms with Gasteiger partial charge < -0.3 is 0 Å². The number of piperazine rings is 3. The molecular formula is C14H21ClN4. The number of hydrogen-bond acceptors (Lipinski definition) is 4. The Hall–Kier alpha value is -0.650. The number of nitrogens with one attached hydrogen (secondary N) is 1. The maximum Gasteiger partial charge on any atom is 0.0628 e. The Morgan fingerprint density at radius 3 is 2.58 bits per heavy atom. The Bertz CT molecular complexity index is 457. The van der Waals surface area contributed by atoms with E-state index in [1.807, 2.05) is 13.0 Å². The van der Waals surface area contributed by atoms with Gasteiger partial charge in [-0.3, -0.25) is 21.1 Å². The van der Waals surface area contributed by atoms with Gasteiger partial charge in [0, 0.05) is 43.8 Å². The van der Waals surface area contributed by atoms with Gasteiger partial charge in [-0.25, -0.2) is 0 Å². The quantitative estimate of drug-likeness (QED) is 0.644. The first-order chi connectivity index (χ1) is 9.19. The van der Waals surface area contributed by atoms with E-state index in [0.29, 0.717) is 6.04 Å². The maximum absolute atomic E-state index is 6.24. The van der Waals surface area contributed by atoms with Gasteiger partial charge in [0.25, 0.3) is 0 Å². The molecule has 3 aliphatic rings. The lowest BCUT2D eigenvalue weighted by Crippen LogP contribution is -2.64. The fourth-order valence-corrected chi connectivity index (χ4v) is 3.39. The summed E-state index contributed by atoms with van der Waals surface area (Å²) in [6.45, 7) is 7.75. The second-order valence-corrected chi connectivity index (χ2v) is 5.96. The average molecular weight is 281 g/mol. The minimum Gasteiger partial charge on any atom is -0.299 e. The zero-order valence-corrected chi connectivity index (χ0v) is 12.0. The summed E-state index contributed by atoms with van der Waals surface area (Å²) in [6.07, 6.45) is 0. The Morgan fingerprint density at radius 1 is 1.32 bits per heavy atom. The molecule has 1 aromatic carbocycles. The number of benzene rings is 1. The third kappa shape index (κ3) is 2.51. The van der Waals surface area contributed by atoms with E-state index in [4.69, 9.17) is 17.4 Å². The van der Waals surface area contributed by atoms with Crippen molar-refractivity contribution in [3.63, 3.8) is 0 Å². The monoisotopic (exact) mass is 280 g/mol. The van der Waals surface area contributed by atoms with Crippen molar-refractivity contribution in [3.8, 4) is 0 Å². The molecule has 3 aliphatic heterocycles. The highest BCUT2D eigenvalue weighted by Crippen LogP contribution is 2.29. The smallest absolute Gasteiger partial charge is 0.0628 e. The zero-order valence-electron chi connectivity index (χ0n) is 11.3. The van der Waals surface area contributed by atoms with Gasteiger partial charge in [-0.2, -0.15) is 0 Å². The van der Waals surface area contributed by atoms with E-state index in [0.717, 1.165) is 30.2 Å². The third-order valence-electron chi connectivity index (χ3n) is 4.44. The van der Waals surface area contributed by atoms with Crippen molar-refractivity contribution >= 4 is 11.6 Å². The number of hydrazine groups is 1. The summed E-state index contributed by atoms with van der Waals surface area (Å²) >= 11 is 6.24. The molecule has 1 aromatic rings. The molecule has 2 bridgehead atoms. The molecule has 0 aromatic heterocycles. The van der Waals surface area contributed by atoms with E-state index in [9.17, 15) is 0 Å². The molecule has 4 nitrogen and oxygen atoms in total. The lowest BCUT2D eigenvalue weighted by Gasteiger charge is -2.50. The lowest BCUT2D eigenvalue weighted by atomic mass is 9.94. The minimum absolute atomic E-state index is 0.140. The summed E-state index contributed by atoms with van der Waals surface area (Å²) in [5.41, 5.74) is 5.28. The van der Waals surface area contributed by atoms with E-state index in [-0.39, 0.29) is 6.04 Å². The van der Waals surface area contributed by atoms with Crippen LogP contribution in [0.3, 0.4) is 0 Å². The van der Waals surface area contributed by atoms with Crippen molar-refractivity contribution in [3.05, 3.63) is 34.3 Å². The third-order valence-corrected chi connectivity index (χ3v) is 4.85. The predicted octanol–water partition coefficient (Wildman–Crippen LogP) is 1.15. The maximum atomic E-state index is 6.24. The molecule has 0 saturated carbocycles. The first-order valence-corrected chi connectivity index (χ1v) is 7.25. The van der Waals surface area contributed by atoms with Crippen molar-refractivity contribution in [1.82, 2.24) is 15.2 Å². The van der Waals surface area contributed by atoms with Crippen LogP contribution in [0.25, 0.3) is 0 Å². The summed E-state index contributed by atoms with van der Waals surface area (Å²) in [6, 6.07) is 6.82. The van der Waals surface area contributed by atoms with Crippen molar-refractivity contribution < 1.29 is 0 Å². The van der Waals surface area contributed by atoms with Crippen LogP contribution in [-0.4, -0.2) is 48.6 Å². The molecule has 3 fully saturated rings. The molecule has 3 heterocycles. The summed E-state index contributed by atoms with van der Waals surface area (Å²) in [5.74, 6) is 5.82. The summed E-state index contributed by atoms with van der Waals surface area (Å²) in [5, 5.41) is 0.814. The highest BCUT2D eigenvalue weighted by atomic mass is 35.5. The van der Waals surface area contributed by atoms with E-state index in [2.05, 4.69) is 27.4 Å². The highest BCUT2D eigenvalue weighted by Gasteiger charge is 2.37. The number of halogens is 1. The van der Waals surface area contributed by atoms with Gasteiger partial charge in [-0.05, 0) is 24.1 Å². The predicted molar refractivity (Wildman–Crippen MR) is 78.1 cm³/mol. The van der Waals surface area contributed by atoms with E-state index in [1.54, 1.807) is 0 Å². The van der Waals surface area contributed by atoms with E-state index in [1.165, 1.54) is 18.7 Å². The van der Waals surface area contributed by atoms with Crippen LogP contribution in [0.15, 0.2) is 18.2 Å². The van der Waals surface area contributed by atoms with Crippen molar-refractivity contribution in [2.24, 2.45) is 5.84 Å². The average Bonchev–Trinajstić information content (AvgIpc) is 2.45. The topological polar surface area (TPSA) is 44.5 Å². The standard InChI is InChI=1S/C14H21ClN4/c1-10-2-3-11(8-12(10)15)14(17-16)13-9-18-4-6-19(13)7-5-18/h2-3,8,13-14,17H,4-7,9,16H2,1H3. The Kier molecular flexibility index (Phi) is 3.78. The number of nitrogens with two attached hydrogens (primary N) is 1. The Balaban J connectivity index is 1.85. The molecule has 2 atom stereocenters. The Labute approximate surface area is 119 Å². The van der Waals surface area contributed by atoms with Crippen LogP contribution in [0.4, 0.5) is 0 Å². The normalized spacial score (nSPS) is 31.4. The SMILES string of the molecule is Cc1ccc(C(NN)C2CN3CCN2CC3)cc1Cl. The number of hydrogen-bond donors (Lipinski definition) is 2. The van der Waals surface area contributed by atoms with Crippen LogP contribution in [0.5, 0.6) is 0 Å². The van der Waals surface area contributed by atoms with Crippen LogP contribution in [0.1, 0.15) is 17.2 Å². The van der Waals surface area contributed by atoms with Gasteiger partial charge in [0.2, 0.25) is 0 Å². The van der Waals surface area contributed by atoms with Gasteiger partial charge in [0.05, 0.1) is 6.04 Å². The molecule has 104 valence electrons. The molecule has 0 spiro atoms. The zero-order chi connectivity index (χ0) is 13.4. The second-order valence-electron chi connectivity index (χ2n) is 5.56. The number of aryl methyl sites for hydroxylation is 1. The molecule has 3 saturated heterocycles. The van der Waals surface area contributed by atoms with Gasteiger partial charge in [-0.1, -0.05) is 23.7 Å². The largest absolute Gasteiger partial charge is 0.299 e.